The van der Waals surface area contributed by atoms with Crippen LogP contribution in [0.25, 0.3) is 0 Å². The predicted molar refractivity (Wildman–Crippen MR) is 80.4 cm³/mol. The number of rotatable bonds is 5. The van der Waals surface area contributed by atoms with Gasteiger partial charge in [-0.2, -0.15) is 4.99 Å². The van der Waals surface area contributed by atoms with Crippen molar-refractivity contribution >= 4 is 23.0 Å². The maximum Gasteiger partial charge on any atom is 0.286 e. The lowest BCUT2D eigenvalue weighted by Gasteiger charge is -2.04. The van der Waals surface area contributed by atoms with E-state index < -0.39 is 0 Å². The molecular formula is C15H16N2O3S. The first kappa shape index (κ1) is 15.2. The van der Waals surface area contributed by atoms with Crippen molar-refractivity contribution in [2.75, 3.05) is 6.61 Å². The minimum atomic E-state index is -0.346. The number of carbonyl (C=O) groups excluding carboxylic acids is 2. The Morgan fingerprint density at radius 3 is 2.57 bits per heavy atom. The molecule has 110 valence electrons. The number of benzene rings is 1. The van der Waals surface area contributed by atoms with Crippen LogP contribution in [0.2, 0.25) is 0 Å². The van der Waals surface area contributed by atoms with Crippen LogP contribution in [0.3, 0.4) is 0 Å². The summed E-state index contributed by atoms with van der Waals surface area (Å²) in [5.41, 5.74) is 0.645. The molecule has 1 aromatic heterocycles. The fourth-order valence-electron chi connectivity index (χ4n) is 1.66. The Kier molecular flexibility index (Phi) is 5.05. The molecule has 1 amide bonds. The van der Waals surface area contributed by atoms with Crippen LogP contribution >= 0.6 is 11.3 Å². The third-order valence-electron chi connectivity index (χ3n) is 2.84. The summed E-state index contributed by atoms with van der Waals surface area (Å²) in [6, 6.07) is 6.76. The smallest absolute Gasteiger partial charge is 0.286 e. The average molecular weight is 304 g/mol. The summed E-state index contributed by atoms with van der Waals surface area (Å²) in [5.74, 6) is 0.279. The number of Topliss-reactive ketones (excluding diaryl/α,β-unsaturated/α-hetero) is 1. The van der Waals surface area contributed by atoms with Gasteiger partial charge in [0, 0.05) is 30.6 Å². The minimum absolute atomic E-state index is 0.0813. The van der Waals surface area contributed by atoms with Gasteiger partial charge in [-0.15, -0.1) is 11.3 Å². The first-order chi connectivity index (χ1) is 10.1. The SMILES string of the molecule is CCC(=O)c1ccc(OCC(=O)N=c2sccn2C)cc1. The van der Waals surface area contributed by atoms with E-state index in [9.17, 15) is 9.59 Å². The van der Waals surface area contributed by atoms with Gasteiger partial charge >= 0.3 is 0 Å². The fraction of sp³-hybridized carbons (Fsp3) is 0.267. The van der Waals surface area contributed by atoms with E-state index in [0.717, 1.165) is 0 Å². The third kappa shape index (κ3) is 4.13. The van der Waals surface area contributed by atoms with Crippen molar-refractivity contribution < 1.29 is 14.3 Å². The van der Waals surface area contributed by atoms with Crippen molar-refractivity contribution in [2.45, 2.75) is 13.3 Å². The molecule has 0 atom stereocenters. The summed E-state index contributed by atoms with van der Waals surface area (Å²) < 4.78 is 7.14. The van der Waals surface area contributed by atoms with E-state index in [1.807, 2.05) is 25.5 Å². The van der Waals surface area contributed by atoms with Gasteiger partial charge in [0.15, 0.2) is 17.2 Å². The quantitative estimate of drug-likeness (QED) is 0.796. The van der Waals surface area contributed by atoms with E-state index in [1.54, 1.807) is 28.8 Å². The van der Waals surface area contributed by atoms with Crippen LogP contribution in [0.4, 0.5) is 0 Å². The number of ketones is 1. The Balaban J connectivity index is 1.96. The molecule has 0 saturated carbocycles. The highest BCUT2D eigenvalue weighted by molar-refractivity contribution is 7.07. The molecule has 0 N–H and O–H groups in total. The fourth-order valence-corrected chi connectivity index (χ4v) is 2.41. The minimum Gasteiger partial charge on any atom is -0.484 e. The van der Waals surface area contributed by atoms with E-state index in [-0.39, 0.29) is 18.3 Å². The highest BCUT2D eigenvalue weighted by Gasteiger charge is 2.05. The first-order valence-electron chi connectivity index (χ1n) is 6.54. The first-order valence-corrected chi connectivity index (χ1v) is 7.42. The molecule has 0 aliphatic rings. The van der Waals surface area contributed by atoms with Crippen molar-refractivity contribution in [1.29, 1.82) is 0 Å². The molecule has 2 aromatic rings. The van der Waals surface area contributed by atoms with Crippen LogP contribution in [0.1, 0.15) is 23.7 Å². The van der Waals surface area contributed by atoms with E-state index in [2.05, 4.69) is 4.99 Å². The van der Waals surface area contributed by atoms with Gasteiger partial charge in [-0.3, -0.25) is 9.59 Å². The largest absolute Gasteiger partial charge is 0.484 e. The number of carbonyl (C=O) groups is 2. The van der Waals surface area contributed by atoms with Gasteiger partial charge in [0.05, 0.1) is 0 Å². The summed E-state index contributed by atoms with van der Waals surface area (Å²) >= 11 is 1.39. The molecule has 0 spiro atoms. The molecule has 5 nitrogen and oxygen atoms in total. The average Bonchev–Trinajstić information content (AvgIpc) is 2.90. The molecule has 0 unspecified atom stereocenters. The van der Waals surface area contributed by atoms with Crippen molar-refractivity contribution in [2.24, 2.45) is 12.0 Å². The molecule has 0 saturated heterocycles. The van der Waals surface area contributed by atoms with Crippen LogP contribution in [0, 0.1) is 0 Å². The number of amides is 1. The Morgan fingerprint density at radius 2 is 2.00 bits per heavy atom. The molecule has 1 heterocycles. The Morgan fingerprint density at radius 1 is 1.29 bits per heavy atom. The summed E-state index contributed by atoms with van der Waals surface area (Å²) in [4.78, 5) is 27.8. The maximum atomic E-state index is 11.7. The molecule has 1 aromatic carbocycles. The molecule has 0 bridgehead atoms. The van der Waals surface area contributed by atoms with Gasteiger partial charge < -0.3 is 9.30 Å². The van der Waals surface area contributed by atoms with Crippen LogP contribution in [0.15, 0.2) is 40.8 Å². The van der Waals surface area contributed by atoms with E-state index in [0.29, 0.717) is 22.5 Å². The lowest BCUT2D eigenvalue weighted by molar-refractivity contribution is -0.120. The van der Waals surface area contributed by atoms with Crippen molar-refractivity contribution in [3.63, 3.8) is 0 Å². The van der Waals surface area contributed by atoms with Gasteiger partial charge in [0.1, 0.15) is 5.75 Å². The number of nitrogens with zero attached hydrogens (tertiary/aromatic N) is 2. The van der Waals surface area contributed by atoms with Gasteiger partial charge in [-0.05, 0) is 24.3 Å². The molecule has 6 heteroatoms. The normalized spacial score (nSPS) is 11.4. The lowest BCUT2D eigenvalue weighted by Crippen LogP contribution is -2.16. The van der Waals surface area contributed by atoms with E-state index in [1.165, 1.54) is 11.3 Å². The second-order valence-corrected chi connectivity index (χ2v) is 5.26. The van der Waals surface area contributed by atoms with Crippen molar-refractivity contribution in [3.8, 4) is 5.75 Å². The highest BCUT2D eigenvalue weighted by Crippen LogP contribution is 2.13. The number of aromatic nitrogens is 1. The zero-order chi connectivity index (χ0) is 15.2. The number of aryl methyl sites for hydroxylation is 1. The number of thiazole rings is 1. The van der Waals surface area contributed by atoms with E-state index in [4.69, 9.17) is 4.74 Å². The second kappa shape index (κ2) is 6.99. The zero-order valence-electron chi connectivity index (χ0n) is 11.9. The molecular weight excluding hydrogens is 288 g/mol. The van der Waals surface area contributed by atoms with Gasteiger partial charge in [-0.25, -0.2) is 0 Å². The number of ether oxygens (including phenoxy) is 1. The molecule has 2 rings (SSSR count). The molecule has 0 fully saturated rings. The Bertz CT molecular complexity index is 698. The summed E-state index contributed by atoms with van der Waals surface area (Å²) in [6.07, 6.45) is 2.30. The number of hydrogen-bond donors (Lipinski definition) is 0. The molecule has 0 aliphatic carbocycles. The highest BCUT2D eigenvalue weighted by atomic mass is 32.1. The zero-order valence-corrected chi connectivity index (χ0v) is 12.7. The van der Waals surface area contributed by atoms with Crippen LogP contribution in [-0.4, -0.2) is 22.9 Å². The second-order valence-electron chi connectivity index (χ2n) is 4.39. The van der Waals surface area contributed by atoms with Gasteiger partial charge in [0.25, 0.3) is 5.91 Å². The topological polar surface area (TPSA) is 60.7 Å². The molecule has 21 heavy (non-hydrogen) atoms. The summed E-state index contributed by atoms with van der Waals surface area (Å²) in [5, 5.41) is 1.86. The van der Waals surface area contributed by atoms with Crippen molar-refractivity contribution in [1.82, 2.24) is 4.57 Å². The van der Waals surface area contributed by atoms with E-state index >= 15 is 0 Å². The Labute approximate surface area is 126 Å². The Hall–Kier alpha value is -2.21. The van der Waals surface area contributed by atoms with Gasteiger partial charge in [-0.1, -0.05) is 6.92 Å². The number of hydrogen-bond acceptors (Lipinski definition) is 4. The monoisotopic (exact) mass is 304 g/mol. The summed E-state index contributed by atoms with van der Waals surface area (Å²) in [7, 11) is 1.83. The van der Waals surface area contributed by atoms with Gasteiger partial charge in [0.2, 0.25) is 0 Å². The maximum absolute atomic E-state index is 11.7. The van der Waals surface area contributed by atoms with Crippen LogP contribution in [0.5, 0.6) is 5.75 Å². The third-order valence-corrected chi connectivity index (χ3v) is 3.69. The van der Waals surface area contributed by atoms with Crippen LogP contribution in [-0.2, 0) is 11.8 Å². The summed E-state index contributed by atoms with van der Waals surface area (Å²) in [6.45, 7) is 1.69. The van der Waals surface area contributed by atoms with Crippen molar-refractivity contribution in [3.05, 3.63) is 46.2 Å². The molecule has 0 radical (unpaired) electrons. The predicted octanol–water partition coefficient (Wildman–Crippen LogP) is 2.19. The van der Waals surface area contributed by atoms with Crippen LogP contribution < -0.4 is 9.54 Å². The standard InChI is InChI=1S/C15H16N2O3S/c1-3-13(18)11-4-6-12(7-5-11)20-10-14(19)16-15-17(2)8-9-21-15/h4-9H,3,10H2,1-2H3. The molecule has 0 aliphatic heterocycles. The lowest BCUT2D eigenvalue weighted by atomic mass is 10.1.